The van der Waals surface area contributed by atoms with Gasteiger partial charge in [-0.05, 0) is 37.1 Å². The Morgan fingerprint density at radius 3 is 3.11 bits per heavy atom. The Morgan fingerprint density at radius 2 is 2.47 bits per heavy atom. The number of rotatable bonds is 6. The summed E-state index contributed by atoms with van der Waals surface area (Å²) in [6.45, 7) is 2.78. The number of nitroso groups, excluding NO2 is 1. The Bertz CT molecular complexity index is 440. The fourth-order valence-corrected chi connectivity index (χ4v) is 3.21. The predicted molar refractivity (Wildman–Crippen MR) is 72.2 cm³/mol. The van der Waals surface area contributed by atoms with Crippen LogP contribution in [0.4, 0.5) is 0 Å². The van der Waals surface area contributed by atoms with E-state index >= 15 is 0 Å². The molecule has 0 aromatic carbocycles. The molecule has 0 bridgehead atoms. The van der Waals surface area contributed by atoms with Crippen LogP contribution < -0.4 is 0 Å². The number of hydrogen-bond acceptors (Lipinski definition) is 6. The van der Waals surface area contributed by atoms with Gasteiger partial charge in [-0.25, -0.2) is 4.79 Å². The van der Waals surface area contributed by atoms with Crippen molar-refractivity contribution in [2.45, 2.75) is 38.3 Å². The Morgan fingerprint density at radius 1 is 1.63 bits per heavy atom. The smallest absolute Gasteiger partial charge is 0.340 e. The van der Waals surface area contributed by atoms with Gasteiger partial charge < -0.3 is 9.47 Å². The number of thiophene rings is 1. The minimum atomic E-state index is -1.04. The highest BCUT2D eigenvalue weighted by Gasteiger charge is 2.25. The summed E-state index contributed by atoms with van der Waals surface area (Å²) in [5, 5.41) is 2.88. The van der Waals surface area contributed by atoms with Crippen LogP contribution in [0.1, 0.15) is 35.6 Å². The third-order valence-electron chi connectivity index (χ3n) is 3.02. The average molecular weight is 283 g/mol. The van der Waals surface area contributed by atoms with Gasteiger partial charge in [-0.15, -0.1) is 16.2 Å². The summed E-state index contributed by atoms with van der Waals surface area (Å²) in [4.78, 5) is 24.2. The second-order valence-corrected chi connectivity index (χ2v) is 5.60. The standard InChI is InChI=1S/C13H17NO4S/c1-2-17-13(15)12(14-16)11-6-5-10(19-11)8-9-4-3-7-18-9/h5-6,9,12H,2-4,7-8H2,1H3. The lowest BCUT2D eigenvalue weighted by atomic mass is 10.1. The third kappa shape index (κ3) is 3.61. The molecule has 1 aliphatic rings. The van der Waals surface area contributed by atoms with Gasteiger partial charge in [0.1, 0.15) is 0 Å². The maximum Gasteiger partial charge on any atom is 0.340 e. The fraction of sp³-hybridized carbons (Fsp3) is 0.615. The van der Waals surface area contributed by atoms with Crippen molar-refractivity contribution in [2.24, 2.45) is 5.18 Å². The summed E-state index contributed by atoms with van der Waals surface area (Å²) < 4.78 is 10.4. The van der Waals surface area contributed by atoms with Crippen molar-refractivity contribution in [1.82, 2.24) is 0 Å². The molecule has 1 fully saturated rings. The van der Waals surface area contributed by atoms with Gasteiger partial charge in [-0.3, -0.25) is 0 Å². The first-order chi connectivity index (χ1) is 9.24. The first kappa shape index (κ1) is 14.1. The van der Waals surface area contributed by atoms with E-state index in [1.165, 1.54) is 11.3 Å². The SMILES string of the molecule is CCOC(=O)C(N=O)c1ccc(CC2CCCO2)s1. The number of esters is 1. The summed E-state index contributed by atoms with van der Waals surface area (Å²) in [6, 6.07) is 2.67. The van der Waals surface area contributed by atoms with Gasteiger partial charge >= 0.3 is 5.97 Å². The van der Waals surface area contributed by atoms with Crippen molar-refractivity contribution in [1.29, 1.82) is 0 Å². The van der Waals surface area contributed by atoms with Gasteiger partial charge in [0.15, 0.2) is 0 Å². The Labute approximate surface area is 115 Å². The molecule has 2 unspecified atom stereocenters. The first-order valence-corrected chi connectivity index (χ1v) is 7.25. The molecule has 19 heavy (non-hydrogen) atoms. The third-order valence-corrected chi connectivity index (χ3v) is 4.18. The van der Waals surface area contributed by atoms with E-state index in [-0.39, 0.29) is 12.7 Å². The first-order valence-electron chi connectivity index (χ1n) is 6.44. The van der Waals surface area contributed by atoms with Crippen molar-refractivity contribution >= 4 is 17.3 Å². The molecule has 2 rings (SSSR count). The lowest BCUT2D eigenvalue weighted by Gasteiger charge is -2.07. The number of ether oxygens (including phenoxy) is 2. The van der Waals surface area contributed by atoms with Crippen LogP contribution in [0, 0.1) is 4.91 Å². The van der Waals surface area contributed by atoms with Crippen LogP contribution in [0.15, 0.2) is 17.3 Å². The Balaban J connectivity index is 2.01. The normalized spacial score (nSPS) is 20.2. The van der Waals surface area contributed by atoms with E-state index in [2.05, 4.69) is 5.18 Å². The Kier molecular flexibility index (Phi) is 5.04. The summed E-state index contributed by atoms with van der Waals surface area (Å²) in [5.74, 6) is -0.581. The van der Waals surface area contributed by atoms with Crippen LogP contribution in [0.25, 0.3) is 0 Å². The van der Waals surface area contributed by atoms with E-state index in [1.807, 2.05) is 6.07 Å². The number of carbonyl (C=O) groups is 1. The molecule has 0 radical (unpaired) electrons. The van der Waals surface area contributed by atoms with Crippen LogP contribution in [0.5, 0.6) is 0 Å². The highest BCUT2D eigenvalue weighted by molar-refractivity contribution is 7.12. The van der Waals surface area contributed by atoms with Gasteiger partial charge in [0.25, 0.3) is 0 Å². The van der Waals surface area contributed by atoms with E-state index in [0.717, 1.165) is 30.7 Å². The van der Waals surface area contributed by atoms with Crippen LogP contribution in [-0.4, -0.2) is 25.3 Å². The summed E-state index contributed by atoms with van der Waals surface area (Å²) in [7, 11) is 0. The molecule has 1 aromatic heterocycles. The van der Waals surface area contributed by atoms with Crippen LogP contribution in [-0.2, 0) is 20.7 Å². The molecule has 0 saturated carbocycles. The van der Waals surface area contributed by atoms with Gasteiger partial charge in [0.05, 0.1) is 12.7 Å². The van der Waals surface area contributed by atoms with Crippen molar-refractivity contribution < 1.29 is 14.3 Å². The maximum atomic E-state index is 11.6. The van der Waals surface area contributed by atoms with E-state index < -0.39 is 12.0 Å². The summed E-state index contributed by atoms with van der Waals surface area (Å²) in [6.07, 6.45) is 3.26. The van der Waals surface area contributed by atoms with Crippen molar-refractivity contribution in [3.05, 3.63) is 26.8 Å². The highest BCUT2D eigenvalue weighted by Crippen LogP contribution is 2.29. The van der Waals surface area contributed by atoms with Crippen LogP contribution >= 0.6 is 11.3 Å². The minimum absolute atomic E-state index is 0.249. The number of hydrogen-bond donors (Lipinski definition) is 0. The van der Waals surface area contributed by atoms with E-state index in [1.54, 1.807) is 13.0 Å². The molecular weight excluding hydrogens is 266 g/mol. The van der Waals surface area contributed by atoms with Crippen molar-refractivity contribution in [2.75, 3.05) is 13.2 Å². The fourth-order valence-electron chi connectivity index (χ4n) is 2.11. The number of carbonyl (C=O) groups excluding carboxylic acids is 1. The van der Waals surface area contributed by atoms with Gasteiger partial charge in [-0.2, -0.15) is 0 Å². The number of nitrogens with zero attached hydrogens (tertiary/aromatic N) is 1. The molecular formula is C13H17NO4S. The lowest BCUT2D eigenvalue weighted by Crippen LogP contribution is -2.12. The largest absolute Gasteiger partial charge is 0.464 e. The molecule has 1 aliphatic heterocycles. The second kappa shape index (κ2) is 6.77. The quantitative estimate of drug-likeness (QED) is 0.595. The van der Waals surface area contributed by atoms with Gasteiger partial charge in [0, 0.05) is 22.8 Å². The molecule has 0 N–H and O–H groups in total. The van der Waals surface area contributed by atoms with E-state index in [9.17, 15) is 9.70 Å². The molecule has 1 aromatic rings. The zero-order chi connectivity index (χ0) is 13.7. The lowest BCUT2D eigenvalue weighted by molar-refractivity contribution is -0.144. The van der Waals surface area contributed by atoms with E-state index in [4.69, 9.17) is 9.47 Å². The molecule has 1 saturated heterocycles. The minimum Gasteiger partial charge on any atom is -0.464 e. The molecule has 6 heteroatoms. The summed E-state index contributed by atoms with van der Waals surface area (Å²) in [5.41, 5.74) is 0. The predicted octanol–water partition coefficient (Wildman–Crippen LogP) is 2.84. The molecule has 2 heterocycles. The second-order valence-electron chi connectivity index (χ2n) is 4.40. The maximum absolute atomic E-state index is 11.6. The Hall–Kier alpha value is -1.27. The molecule has 0 aliphatic carbocycles. The molecule has 2 atom stereocenters. The topological polar surface area (TPSA) is 65.0 Å². The molecule has 0 spiro atoms. The zero-order valence-electron chi connectivity index (χ0n) is 10.8. The van der Waals surface area contributed by atoms with Crippen molar-refractivity contribution in [3.8, 4) is 0 Å². The van der Waals surface area contributed by atoms with E-state index in [0.29, 0.717) is 4.88 Å². The van der Waals surface area contributed by atoms with Crippen molar-refractivity contribution in [3.63, 3.8) is 0 Å². The highest BCUT2D eigenvalue weighted by atomic mass is 32.1. The monoisotopic (exact) mass is 283 g/mol. The van der Waals surface area contributed by atoms with Gasteiger partial charge in [-0.1, -0.05) is 0 Å². The zero-order valence-corrected chi connectivity index (χ0v) is 11.6. The van der Waals surface area contributed by atoms with Gasteiger partial charge in [0.2, 0.25) is 6.04 Å². The average Bonchev–Trinajstić information content (AvgIpc) is 3.03. The summed E-state index contributed by atoms with van der Waals surface area (Å²) >= 11 is 1.43. The van der Waals surface area contributed by atoms with Crippen LogP contribution in [0.2, 0.25) is 0 Å². The van der Waals surface area contributed by atoms with Crippen LogP contribution in [0.3, 0.4) is 0 Å². The molecule has 5 nitrogen and oxygen atoms in total. The molecule has 0 amide bonds. The molecule has 104 valence electrons.